The number of rotatable bonds is 17. The number of carbonyl (C=O) groups excluding carboxylic acids is 2. The van der Waals surface area contributed by atoms with Crippen molar-refractivity contribution in [3.63, 3.8) is 0 Å². The molecule has 1 aliphatic heterocycles. The van der Waals surface area contributed by atoms with Crippen molar-refractivity contribution < 1.29 is 23.8 Å². The minimum atomic E-state index is -0.101. The van der Waals surface area contributed by atoms with E-state index in [0.717, 1.165) is 25.1 Å². The molecule has 0 saturated carbocycles. The summed E-state index contributed by atoms with van der Waals surface area (Å²) in [6.07, 6.45) is 1.82. The Kier molecular flexibility index (Phi) is 13.7. The van der Waals surface area contributed by atoms with Crippen molar-refractivity contribution in [2.75, 3.05) is 47.1 Å². The lowest BCUT2D eigenvalue weighted by atomic mass is 9.83. The number of hydrogen-bond acceptors (Lipinski definition) is 6. The largest absolute Gasteiger partial charge is 0.493 e. The molecule has 0 aromatic heterocycles. The Labute approximate surface area is 281 Å². The molecule has 47 heavy (non-hydrogen) atoms. The van der Waals surface area contributed by atoms with Gasteiger partial charge in [0.05, 0.1) is 20.1 Å². The van der Waals surface area contributed by atoms with Crippen molar-refractivity contribution in [3.05, 3.63) is 95.6 Å². The molecule has 1 aliphatic rings. The summed E-state index contributed by atoms with van der Waals surface area (Å²) in [4.78, 5) is 32.3. The van der Waals surface area contributed by atoms with E-state index in [-0.39, 0.29) is 41.8 Å². The van der Waals surface area contributed by atoms with E-state index in [1.807, 2.05) is 53.4 Å². The Balaban J connectivity index is 1.64. The zero-order valence-electron chi connectivity index (χ0n) is 29.0. The van der Waals surface area contributed by atoms with Crippen LogP contribution in [0.25, 0.3) is 0 Å². The molecule has 0 aliphatic carbocycles. The highest BCUT2D eigenvalue weighted by atomic mass is 16.5. The summed E-state index contributed by atoms with van der Waals surface area (Å²) in [6, 6.07) is 25.7. The lowest BCUT2D eigenvalue weighted by molar-refractivity contribution is -0.133. The third-order valence-corrected chi connectivity index (χ3v) is 9.06. The molecule has 1 heterocycles. The van der Waals surface area contributed by atoms with E-state index >= 15 is 0 Å². The van der Waals surface area contributed by atoms with Crippen LogP contribution in [0.2, 0.25) is 0 Å². The summed E-state index contributed by atoms with van der Waals surface area (Å²) in [6.45, 7) is 11.6. The van der Waals surface area contributed by atoms with Crippen molar-refractivity contribution in [1.29, 1.82) is 0 Å². The number of nitrogens with zero attached hydrogens (tertiary/aromatic N) is 2. The molecule has 8 nitrogen and oxygen atoms in total. The Bertz CT molecular complexity index is 1400. The van der Waals surface area contributed by atoms with Crippen molar-refractivity contribution in [2.24, 2.45) is 11.8 Å². The first kappa shape index (κ1) is 36.0. The van der Waals surface area contributed by atoms with Crippen LogP contribution in [0.1, 0.15) is 55.6 Å². The van der Waals surface area contributed by atoms with Gasteiger partial charge in [-0.05, 0) is 75.3 Å². The number of nitrogens with one attached hydrogen (secondary N) is 1. The third kappa shape index (κ3) is 9.81. The van der Waals surface area contributed by atoms with Gasteiger partial charge >= 0.3 is 0 Å². The van der Waals surface area contributed by atoms with Crippen LogP contribution in [0.5, 0.6) is 11.5 Å². The number of hydrogen-bond donors (Lipinski definition) is 1. The summed E-state index contributed by atoms with van der Waals surface area (Å²) in [5.74, 6) is 1.53. The van der Waals surface area contributed by atoms with Gasteiger partial charge in [0, 0.05) is 63.5 Å². The molecule has 254 valence electrons. The normalized spacial score (nSPS) is 16.7. The molecule has 1 unspecified atom stereocenters. The highest BCUT2D eigenvalue weighted by Crippen LogP contribution is 2.33. The zero-order valence-corrected chi connectivity index (χ0v) is 29.0. The van der Waals surface area contributed by atoms with Gasteiger partial charge in [-0.3, -0.25) is 9.59 Å². The van der Waals surface area contributed by atoms with Gasteiger partial charge < -0.3 is 29.3 Å². The lowest BCUT2D eigenvalue weighted by Gasteiger charge is -2.42. The first-order valence-electron chi connectivity index (χ1n) is 16.9. The quantitative estimate of drug-likeness (QED) is 0.185. The molecular weight excluding hydrogens is 590 g/mol. The highest BCUT2D eigenvalue weighted by Gasteiger charge is 2.41. The molecule has 3 atom stereocenters. The molecule has 0 spiro atoms. The van der Waals surface area contributed by atoms with Crippen LogP contribution in [-0.2, 0) is 22.4 Å². The van der Waals surface area contributed by atoms with Gasteiger partial charge in [0.1, 0.15) is 0 Å². The lowest BCUT2D eigenvalue weighted by Crippen LogP contribution is -2.53. The third-order valence-electron chi connectivity index (χ3n) is 9.06. The average molecular weight is 644 g/mol. The number of methoxy groups -OCH3 is 2. The van der Waals surface area contributed by atoms with Crippen LogP contribution in [-0.4, -0.2) is 86.8 Å². The van der Waals surface area contributed by atoms with Gasteiger partial charge in [0.15, 0.2) is 11.5 Å². The van der Waals surface area contributed by atoms with E-state index in [1.165, 1.54) is 5.56 Å². The Morgan fingerprint density at radius 3 is 2.13 bits per heavy atom. The SMILES string of the molecule is COCCCOc1cc(C(=O)N(C(C)C)C(Cc2ccccc2)[C@H]2CNC[C@H]2CN(C(=O)Cc2ccccc2)C(C)C)ccc1OC. The second-order valence-electron chi connectivity index (χ2n) is 13.0. The topological polar surface area (TPSA) is 80.3 Å². The molecule has 2 amide bonds. The molecular formula is C39H53N3O5. The minimum absolute atomic E-state index is 0.0446. The molecule has 1 N–H and O–H groups in total. The minimum Gasteiger partial charge on any atom is -0.493 e. The van der Waals surface area contributed by atoms with E-state index in [2.05, 4.69) is 62.2 Å². The van der Waals surface area contributed by atoms with Crippen molar-refractivity contribution in [3.8, 4) is 11.5 Å². The van der Waals surface area contributed by atoms with Gasteiger partial charge in [-0.25, -0.2) is 0 Å². The number of ether oxygens (including phenoxy) is 3. The van der Waals surface area contributed by atoms with E-state index in [0.29, 0.717) is 49.7 Å². The number of carbonyl (C=O) groups is 2. The first-order valence-corrected chi connectivity index (χ1v) is 16.9. The fraction of sp³-hybridized carbons (Fsp3) is 0.487. The van der Waals surface area contributed by atoms with Crippen molar-refractivity contribution in [2.45, 2.75) is 65.1 Å². The zero-order chi connectivity index (χ0) is 33.8. The van der Waals surface area contributed by atoms with Gasteiger partial charge in [0.2, 0.25) is 5.91 Å². The molecule has 1 saturated heterocycles. The van der Waals surface area contributed by atoms with Crippen LogP contribution in [0.3, 0.4) is 0 Å². The smallest absolute Gasteiger partial charge is 0.254 e. The monoisotopic (exact) mass is 643 g/mol. The summed E-state index contributed by atoms with van der Waals surface area (Å²) in [5, 5.41) is 3.63. The first-order chi connectivity index (χ1) is 22.7. The van der Waals surface area contributed by atoms with Crippen LogP contribution in [0, 0.1) is 11.8 Å². The van der Waals surface area contributed by atoms with Crippen LogP contribution >= 0.6 is 0 Å². The fourth-order valence-electron chi connectivity index (χ4n) is 6.67. The molecule has 8 heteroatoms. The van der Waals surface area contributed by atoms with Crippen molar-refractivity contribution in [1.82, 2.24) is 15.1 Å². The number of amides is 2. The summed E-state index contributed by atoms with van der Waals surface area (Å²) < 4.78 is 16.8. The Morgan fingerprint density at radius 2 is 1.51 bits per heavy atom. The second kappa shape index (κ2) is 17.9. The average Bonchev–Trinajstić information content (AvgIpc) is 3.54. The summed E-state index contributed by atoms with van der Waals surface area (Å²) >= 11 is 0. The van der Waals surface area contributed by atoms with Crippen molar-refractivity contribution >= 4 is 11.8 Å². The molecule has 4 rings (SSSR count). The summed E-state index contributed by atoms with van der Waals surface area (Å²) in [7, 11) is 3.27. The standard InChI is InChI=1S/C39H53N3O5/c1-28(2)41(38(43)23-31-16-11-8-12-17-31)27-33-25-40-26-34(33)35(22-30-14-9-7-10-15-30)42(29(3)4)39(44)32-18-19-36(46-6)37(24-32)47-21-13-20-45-5/h7-12,14-19,24,28-29,33-35,40H,13,20-23,25-27H2,1-6H3/t33-,34-,35?/m0/s1. The predicted molar refractivity (Wildman–Crippen MR) is 187 cm³/mol. The molecule has 0 radical (unpaired) electrons. The highest BCUT2D eigenvalue weighted by molar-refractivity contribution is 5.95. The molecule has 3 aromatic carbocycles. The maximum atomic E-state index is 14.6. The van der Waals surface area contributed by atoms with Crippen LogP contribution in [0.4, 0.5) is 0 Å². The van der Waals surface area contributed by atoms with Gasteiger partial charge in [0.25, 0.3) is 5.91 Å². The maximum absolute atomic E-state index is 14.6. The molecule has 1 fully saturated rings. The van der Waals surface area contributed by atoms with Crippen LogP contribution in [0.15, 0.2) is 78.9 Å². The fourth-order valence-corrected chi connectivity index (χ4v) is 6.67. The van der Waals surface area contributed by atoms with Crippen LogP contribution < -0.4 is 14.8 Å². The van der Waals surface area contributed by atoms with E-state index in [4.69, 9.17) is 14.2 Å². The van der Waals surface area contributed by atoms with E-state index < -0.39 is 0 Å². The van der Waals surface area contributed by atoms with Gasteiger partial charge in [-0.2, -0.15) is 0 Å². The van der Waals surface area contributed by atoms with E-state index in [1.54, 1.807) is 20.3 Å². The Morgan fingerprint density at radius 1 is 0.830 bits per heavy atom. The second-order valence-corrected chi connectivity index (χ2v) is 13.0. The van der Waals surface area contributed by atoms with Gasteiger partial charge in [-0.15, -0.1) is 0 Å². The van der Waals surface area contributed by atoms with Gasteiger partial charge in [-0.1, -0.05) is 60.7 Å². The van der Waals surface area contributed by atoms with E-state index in [9.17, 15) is 9.59 Å². The maximum Gasteiger partial charge on any atom is 0.254 e. The number of benzene rings is 3. The predicted octanol–water partition coefficient (Wildman–Crippen LogP) is 5.89. The molecule has 3 aromatic rings. The summed E-state index contributed by atoms with van der Waals surface area (Å²) in [5.41, 5.74) is 2.76. The molecule has 0 bridgehead atoms. The Hall–Kier alpha value is -3.88.